The molecule has 0 aliphatic carbocycles. The van der Waals surface area contributed by atoms with Crippen molar-refractivity contribution >= 4 is 27.5 Å². The van der Waals surface area contributed by atoms with Crippen LogP contribution in [0.2, 0.25) is 5.02 Å². The third kappa shape index (κ3) is 3.12. The van der Waals surface area contributed by atoms with Crippen LogP contribution in [-0.2, 0) is 13.2 Å². The maximum absolute atomic E-state index is 6.25. The van der Waals surface area contributed by atoms with E-state index in [2.05, 4.69) is 21.0 Å². The zero-order chi connectivity index (χ0) is 14.0. The highest BCUT2D eigenvalue weighted by atomic mass is 79.9. The molecule has 0 radical (unpaired) electrons. The van der Waals surface area contributed by atoms with Gasteiger partial charge in [-0.1, -0.05) is 27.5 Å². The molecule has 3 nitrogen and oxygen atoms in total. The fraction of sp³-hybridized carbons (Fsp3) is 0.357. The average Bonchev–Trinajstić information content (AvgIpc) is 2.65. The van der Waals surface area contributed by atoms with E-state index in [1.807, 2.05) is 43.7 Å². The van der Waals surface area contributed by atoms with E-state index >= 15 is 0 Å². The Morgan fingerprint density at radius 1 is 1.37 bits per heavy atom. The molecule has 0 aliphatic heterocycles. The van der Waals surface area contributed by atoms with Crippen molar-refractivity contribution < 1.29 is 4.74 Å². The van der Waals surface area contributed by atoms with Crippen LogP contribution >= 0.6 is 27.5 Å². The number of ether oxygens (including phenoxy) is 1. The van der Waals surface area contributed by atoms with Gasteiger partial charge in [0, 0.05) is 11.0 Å². The lowest BCUT2D eigenvalue weighted by Gasteiger charge is -2.10. The molecule has 0 fully saturated rings. The van der Waals surface area contributed by atoms with Gasteiger partial charge in [-0.15, -0.1) is 0 Å². The Kier molecular flexibility index (Phi) is 4.53. The molecule has 19 heavy (non-hydrogen) atoms. The lowest BCUT2D eigenvalue weighted by Crippen LogP contribution is -2.07. The predicted octanol–water partition coefficient (Wildman–Crippen LogP) is 4.51. The molecule has 0 atom stereocenters. The summed E-state index contributed by atoms with van der Waals surface area (Å²) in [6, 6.07) is 5.94. The third-order valence-corrected chi connectivity index (χ3v) is 3.94. The van der Waals surface area contributed by atoms with Gasteiger partial charge in [0.1, 0.15) is 12.4 Å². The highest BCUT2D eigenvalue weighted by molar-refractivity contribution is 9.10. The number of benzene rings is 1. The van der Waals surface area contributed by atoms with E-state index in [0.29, 0.717) is 11.6 Å². The summed E-state index contributed by atoms with van der Waals surface area (Å²) < 4.78 is 8.78. The van der Waals surface area contributed by atoms with Gasteiger partial charge < -0.3 is 4.74 Å². The molecule has 0 saturated carbocycles. The Balaban J connectivity index is 2.18. The van der Waals surface area contributed by atoms with Crippen molar-refractivity contribution in [3.8, 4) is 5.75 Å². The van der Waals surface area contributed by atoms with Gasteiger partial charge in [0.05, 0.1) is 16.4 Å². The lowest BCUT2D eigenvalue weighted by molar-refractivity contribution is 0.290. The highest BCUT2D eigenvalue weighted by Gasteiger charge is 2.13. The molecule has 0 aliphatic rings. The largest absolute Gasteiger partial charge is 0.487 e. The maximum atomic E-state index is 6.25. The molecule has 0 amide bonds. The molecule has 0 unspecified atom stereocenters. The molecule has 102 valence electrons. The average molecular weight is 344 g/mol. The molecule has 0 N–H and O–H groups in total. The molecule has 2 rings (SSSR count). The van der Waals surface area contributed by atoms with Crippen LogP contribution in [-0.4, -0.2) is 9.78 Å². The topological polar surface area (TPSA) is 27.1 Å². The van der Waals surface area contributed by atoms with Gasteiger partial charge in [0.2, 0.25) is 0 Å². The van der Waals surface area contributed by atoms with Crippen molar-refractivity contribution in [2.24, 2.45) is 0 Å². The Morgan fingerprint density at radius 2 is 2.11 bits per heavy atom. The van der Waals surface area contributed by atoms with Crippen LogP contribution in [0.4, 0.5) is 0 Å². The van der Waals surface area contributed by atoms with Crippen LogP contribution in [0.3, 0.4) is 0 Å². The predicted molar refractivity (Wildman–Crippen MR) is 80.9 cm³/mol. The van der Waals surface area contributed by atoms with Crippen LogP contribution in [0.15, 0.2) is 22.7 Å². The minimum atomic E-state index is 0.427. The first kappa shape index (κ1) is 14.4. The fourth-order valence-corrected chi connectivity index (χ4v) is 2.59. The molecular formula is C14H16BrClN2O. The number of nitrogens with zero attached hydrogens (tertiary/aromatic N) is 2. The van der Waals surface area contributed by atoms with E-state index in [9.17, 15) is 0 Å². The van der Waals surface area contributed by atoms with E-state index < -0.39 is 0 Å². The normalized spacial score (nSPS) is 10.8. The summed E-state index contributed by atoms with van der Waals surface area (Å²) in [5.74, 6) is 0.862. The van der Waals surface area contributed by atoms with E-state index in [1.165, 1.54) is 0 Å². The molecule has 0 spiro atoms. The van der Waals surface area contributed by atoms with Gasteiger partial charge in [-0.25, -0.2) is 0 Å². The van der Waals surface area contributed by atoms with Crippen molar-refractivity contribution in [2.75, 3.05) is 0 Å². The van der Waals surface area contributed by atoms with Gasteiger partial charge in [0.25, 0.3) is 0 Å². The van der Waals surface area contributed by atoms with Crippen molar-refractivity contribution in [2.45, 2.75) is 33.9 Å². The van der Waals surface area contributed by atoms with Crippen LogP contribution in [0, 0.1) is 13.8 Å². The summed E-state index contributed by atoms with van der Waals surface area (Å²) >= 11 is 9.69. The summed E-state index contributed by atoms with van der Waals surface area (Å²) in [4.78, 5) is 0. The van der Waals surface area contributed by atoms with Crippen LogP contribution < -0.4 is 4.74 Å². The zero-order valence-electron chi connectivity index (χ0n) is 11.2. The molecule has 1 aromatic carbocycles. The quantitative estimate of drug-likeness (QED) is 0.816. The minimum Gasteiger partial charge on any atom is -0.487 e. The Bertz CT molecular complexity index is 595. The molecule has 2 aromatic rings. The summed E-state index contributed by atoms with van der Waals surface area (Å²) in [7, 11) is 0. The van der Waals surface area contributed by atoms with E-state index in [-0.39, 0.29) is 0 Å². The Hall–Kier alpha value is -1.000. The number of hydrogen-bond donors (Lipinski definition) is 0. The molecule has 1 heterocycles. The number of aromatic nitrogens is 2. The number of aryl methyl sites for hydroxylation is 3. The maximum Gasteiger partial charge on any atom is 0.131 e. The van der Waals surface area contributed by atoms with Gasteiger partial charge in [-0.2, -0.15) is 5.10 Å². The second-order valence-electron chi connectivity index (χ2n) is 4.36. The summed E-state index contributed by atoms with van der Waals surface area (Å²) in [5.41, 5.74) is 2.85. The van der Waals surface area contributed by atoms with Crippen molar-refractivity contribution in [1.82, 2.24) is 9.78 Å². The lowest BCUT2D eigenvalue weighted by atomic mass is 10.2. The van der Waals surface area contributed by atoms with Gasteiger partial charge in [-0.3, -0.25) is 4.68 Å². The fourth-order valence-electron chi connectivity index (χ4n) is 1.93. The SMILES string of the molecule is CCn1nc(C)c(Cl)c1COc1ccc(Br)cc1C. The molecule has 0 saturated heterocycles. The number of halogens is 2. The number of rotatable bonds is 4. The monoisotopic (exact) mass is 342 g/mol. The Morgan fingerprint density at radius 3 is 2.74 bits per heavy atom. The first-order chi connectivity index (χ1) is 9.02. The molecule has 0 bridgehead atoms. The van der Waals surface area contributed by atoms with E-state index in [4.69, 9.17) is 16.3 Å². The Labute approximate surface area is 126 Å². The molecular weight excluding hydrogens is 328 g/mol. The van der Waals surface area contributed by atoms with E-state index in [1.54, 1.807) is 0 Å². The minimum absolute atomic E-state index is 0.427. The van der Waals surface area contributed by atoms with Crippen molar-refractivity contribution in [3.05, 3.63) is 44.6 Å². The number of hydrogen-bond acceptors (Lipinski definition) is 2. The highest BCUT2D eigenvalue weighted by Crippen LogP contribution is 2.25. The zero-order valence-corrected chi connectivity index (χ0v) is 13.5. The van der Waals surface area contributed by atoms with Gasteiger partial charge >= 0.3 is 0 Å². The van der Waals surface area contributed by atoms with Gasteiger partial charge in [-0.05, 0) is 44.5 Å². The van der Waals surface area contributed by atoms with Crippen LogP contribution in [0.1, 0.15) is 23.9 Å². The van der Waals surface area contributed by atoms with Crippen LogP contribution in [0.25, 0.3) is 0 Å². The van der Waals surface area contributed by atoms with E-state index in [0.717, 1.165) is 33.7 Å². The molecule has 1 aromatic heterocycles. The standard InChI is InChI=1S/C14H16BrClN2O/c1-4-18-12(14(16)10(3)17-18)8-19-13-6-5-11(15)7-9(13)2/h5-7H,4,8H2,1-3H3. The first-order valence-corrected chi connectivity index (χ1v) is 7.30. The third-order valence-electron chi connectivity index (χ3n) is 2.95. The van der Waals surface area contributed by atoms with Crippen molar-refractivity contribution in [3.63, 3.8) is 0 Å². The second kappa shape index (κ2) is 5.97. The van der Waals surface area contributed by atoms with Crippen molar-refractivity contribution in [1.29, 1.82) is 0 Å². The summed E-state index contributed by atoms with van der Waals surface area (Å²) in [6.07, 6.45) is 0. The summed E-state index contributed by atoms with van der Waals surface area (Å²) in [6.45, 7) is 7.17. The smallest absolute Gasteiger partial charge is 0.131 e. The second-order valence-corrected chi connectivity index (χ2v) is 5.65. The first-order valence-electron chi connectivity index (χ1n) is 6.13. The van der Waals surface area contributed by atoms with Crippen LogP contribution in [0.5, 0.6) is 5.75 Å². The summed E-state index contributed by atoms with van der Waals surface area (Å²) in [5, 5.41) is 5.07. The van der Waals surface area contributed by atoms with Gasteiger partial charge in [0.15, 0.2) is 0 Å². The molecule has 5 heteroatoms.